The Bertz CT molecular complexity index is 1050. The predicted molar refractivity (Wildman–Crippen MR) is 99.4 cm³/mol. The first kappa shape index (κ1) is 17.4. The Hall–Kier alpha value is -3.06. The van der Waals surface area contributed by atoms with Crippen molar-refractivity contribution in [2.75, 3.05) is 40.0 Å². The van der Waals surface area contributed by atoms with Crippen LogP contribution in [0.25, 0.3) is 21.7 Å². The van der Waals surface area contributed by atoms with E-state index < -0.39 is 5.63 Å². The molecule has 1 fully saturated rings. The second kappa shape index (κ2) is 7.28. The van der Waals surface area contributed by atoms with E-state index in [1.54, 1.807) is 36.3 Å². The van der Waals surface area contributed by atoms with Crippen LogP contribution in [0.2, 0.25) is 0 Å². The molecule has 1 aromatic heterocycles. The Morgan fingerprint density at radius 3 is 2.56 bits per heavy atom. The van der Waals surface area contributed by atoms with Crippen molar-refractivity contribution in [3.05, 3.63) is 46.8 Å². The van der Waals surface area contributed by atoms with Crippen LogP contribution >= 0.6 is 0 Å². The maximum atomic E-state index is 12.3. The van der Waals surface area contributed by atoms with Crippen LogP contribution in [-0.2, 0) is 9.53 Å². The minimum atomic E-state index is -0.446. The van der Waals surface area contributed by atoms with Crippen molar-refractivity contribution in [3.8, 4) is 11.5 Å². The number of amides is 1. The summed E-state index contributed by atoms with van der Waals surface area (Å²) < 4.78 is 21.4. The average Bonchev–Trinajstić information content (AvgIpc) is 2.72. The zero-order valence-electron chi connectivity index (χ0n) is 14.9. The fraction of sp³-hybridized carbons (Fsp3) is 0.300. The van der Waals surface area contributed by atoms with Crippen molar-refractivity contribution in [1.29, 1.82) is 0 Å². The first-order chi connectivity index (χ1) is 13.2. The maximum Gasteiger partial charge on any atom is 0.344 e. The molecule has 0 N–H and O–H groups in total. The van der Waals surface area contributed by atoms with Crippen LogP contribution in [0, 0.1) is 0 Å². The highest BCUT2D eigenvalue weighted by Gasteiger charge is 2.17. The summed E-state index contributed by atoms with van der Waals surface area (Å²) >= 11 is 0. The van der Waals surface area contributed by atoms with Gasteiger partial charge in [-0.2, -0.15) is 0 Å². The van der Waals surface area contributed by atoms with Crippen LogP contribution in [0.5, 0.6) is 11.5 Å². The number of methoxy groups -OCH3 is 1. The van der Waals surface area contributed by atoms with Crippen LogP contribution in [0.4, 0.5) is 0 Å². The van der Waals surface area contributed by atoms with Gasteiger partial charge in [0, 0.05) is 29.9 Å². The van der Waals surface area contributed by atoms with Gasteiger partial charge in [-0.15, -0.1) is 0 Å². The lowest BCUT2D eigenvalue weighted by molar-refractivity contribution is -0.137. The Morgan fingerprint density at radius 1 is 1.04 bits per heavy atom. The molecule has 1 saturated heterocycles. The predicted octanol–water partition coefficient (Wildman–Crippen LogP) is 2.19. The monoisotopic (exact) mass is 369 g/mol. The van der Waals surface area contributed by atoms with Crippen molar-refractivity contribution >= 4 is 27.6 Å². The SMILES string of the molecule is COc1ccc2c(c1)c(=O)oc1cc(OCC(=O)N3CCOCC3)ccc12. The Kier molecular flexibility index (Phi) is 4.68. The summed E-state index contributed by atoms with van der Waals surface area (Å²) in [7, 11) is 1.55. The molecule has 7 nitrogen and oxygen atoms in total. The molecule has 0 spiro atoms. The third-order valence-corrected chi connectivity index (χ3v) is 4.62. The molecule has 27 heavy (non-hydrogen) atoms. The van der Waals surface area contributed by atoms with Gasteiger partial charge >= 0.3 is 5.63 Å². The first-order valence-electron chi connectivity index (χ1n) is 8.68. The van der Waals surface area contributed by atoms with Gasteiger partial charge in [-0.3, -0.25) is 4.79 Å². The smallest absolute Gasteiger partial charge is 0.344 e. The molecule has 3 aromatic rings. The number of hydrogen-bond acceptors (Lipinski definition) is 6. The average molecular weight is 369 g/mol. The third-order valence-electron chi connectivity index (χ3n) is 4.62. The maximum absolute atomic E-state index is 12.3. The summed E-state index contributed by atoms with van der Waals surface area (Å²) in [5, 5.41) is 2.02. The molecule has 140 valence electrons. The second-order valence-corrected chi connectivity index (χ2v) is 6.24. The molecular formula is C20H19NO6. The highest BCUT2D eigenvalue weighted by Crippen LogP contribution is 2.28. The summed E-state index contributed by atoms with van der Waals surface area (Å²) in [5.41, 5.74) is -0.0352. The van der Waals surface area contributed by atoms with Crippen LogP contribution in [0.3, 0.4) is 0 Å². The van der Waals surface area contributed by atoms with Crippen molar-refractivity contribution in [2.24, 2.45) is 0 Å². The van der Waals surface area contributed by atoms with Crippen molar-refractivity contribution in [3.63, 3.8) is 0 Å². The quantitative estimate of drug-likeness (QED) is 0.518. The standard InChI is InChI=1S/C20H19NO6/c1-24-13-2-4-15-16-5-3-14(11-18(16)27-20(23)17(15)10-13)26-12-19(22)21-6-8-25-9-7-21/h2-5,10-11H,6-9,12H2,1H3. The molecule has 0 atom stereocenters. The van der Waals surface area contributed by atoms with E-state index in [4.69, 9.17) is 18.6 Å². The summed E-state index contributed by atoms with van der Waals surface area (Å²) in [6.45, 7) is 2.17. The molecule has 0 saturated carbocycles. The number of ether oxygens (including phenoxy) is 3. The van der Waals surface area contributed by atoms with E-state index in [-0.39, 0.29) is 12.5 Å². The lowest BCUT2D eigenvalue weighted by atomic mass is 10.1. The van der Waals surface area contributed by atoms with Gasteiger partial charge in [0.1, 0.15) is 17.1 Å². The summed E-state index contributed by atoms with van der Waals surface area (Å²) in [6, 6.07) is 10.5. The minimum absolute atomic E-state index is 0.0689. The Labute approximate surface area is 155 Å². The van der Waals surface area contributed by atoms with E-state index in [1.807, 2.05) is 12.1 Å². The molecular weight excluding hydrogens is 350 g/mol. The van der Waals surface area contributed by atoms with E-state index >= 15 is 0 Å². The number of benzene rings is 2. The van der Waals surface area contributed by atoms with Gasteiger partial charge in [-0.1, -0.05) is 0 Å². The van der Waals surface area contributed by atoms with Crippen LogP contribution in [0.1, 0.15) is 0 Å². The number of morpholine rings is 1. The fourth-order valence-corrected chi connectivity index (χ4v) is 3.16. The topological polar surface area (TPSA) is 78.2 Å². The second-order valence-electron chi connectivity index (χ2n) is 6.24. The van der Waals surface area contributed by atoms with Gasteiger partial charge in [-0.25, -0.2) is 4.79 Å². The lowest BCUT2D eigenvalue weighted by Crippen LogP contribution is -2.42. The summed E-state index contributed by atoms with van der Waals surface area (Å²) in [6.07, 6.45) is 0. The number of fused-ring (bicyclic) bond motifs is 3. The van der Waals surface area contributed by atoms with Crippen molar-refractivity contribution in [2.45, 2.75) is 0 Å². The number of hydrogen-bond donors (Lipinski definition) is 0. The van der Waals surface area contributed by atoms with Crippen LogP contribution < -0.4 is 15.1 Å². The van der Waals surface area contributed by atoms with Gasteiger partial charge in [0.2, 0.25) is 0 Å². The molecule has 7 heteroatoms. The summed E-state index contributed by atoms with van der Waals surface area (Å²) in [5.74, 6) is 0.973. The van der Waals surface area contributed by atoms with E-state index in [2.05, 4.69) is 0 Å². The largest absolute Gasteiger partial charge is 0.497 e. The van der Waals surface area contributed by atoms with Crippen LogP contribution in [-0.4, -0.2) is 50.8 Å². The molecule has 1 aliphatic heterocycles. The first-order valence-corrected chi connectivity index (χ1v) is 8.68. The fourth-order valence-electron chi connectivity index (χ4n) is 3.16. The molecule has 2 heterocycles. The van der Waals surface area contributed by atoms with E-state index in [1.165, 1.54) is 0 Å². The Balaban J connectivity index is 1.59. The highest BCUT2D eigenvalue weighted by molar-refractivity contribution is 6.04. The highest BCUT2D eigenvalue weighted by atomic mass is 16.5. The van der Waals surface area contributed by atoms with E-state index in [9.17, 15) is 9.59 Å². The van der Waals surface area contributed by atoms with Gasteiger partial charge < -0.3 is 23.5 Å². The Morgan fingerprint density at radius 2 is 1.78 bits per heavy atom. The zero-order valence-corrected chi connectivity index (χ0v) is 14.9. The molecule has 4 rings (SSSR count). The molecule has 0 unspecified atom stereocenters. The molecule has 0 bridgehead atoms. The molecule has 1 amide bonds. The van der Waals surface area contributed by atoms with E-state index in [0.29, 0.717) is 48.8 Å². The summed E-state index contributed by atoms with van der Waals surface area (Å²) in [4.78, 5) is 26.2. The van der Waals surface area contributed by atoms with Crippen molar-refractivity contribution in [1.82, 2.24) is 4.90 Å². The number of rotatable bonds is 4. The normalized spacial score (nSPS) is 14.5. The van der Waals surface area contributed by atoms with Gasteiger partial charge in [-0.05, 0) is 30.3 Å². The number of nitrogens with zero attached hydrogens (tertiary/aromatic N) is 1. The number of carbonyl (C=O) groups is 1. The third kappa shape index (κ3) is 3.46. The minimum Gasteiger partial charge on any atom is -0.497 e. The van der Waals surface area contributed by atoms with Crippen LogP contribution in [0.15, 0.2) is 45.6 Å². The lowest BCUT2D eigenvalue weighted by Gasteiger charge is -2.26. The molecule has 0 aliphatic carbocycles. The van der Waals surface area contributed by atoms with Gasteiger partial charge in [0.25, 0.3) is 5.91 Å². The van der Waals surface area contributed by atoms with Crippen molar-refractivity contribution < 1.29 is 23.4 Å². The zero-order chi connectivity index (χ0) is 18.8. The molecule has 0 radical (unpaired) electrons. The van der Waals surface area contributed by atoms with E-state index in [0.717, 1.165) is 10.8 Å². The molecule has 2 aromatic carbocycles. The molecule has 1 aliphatic rings. The number of carbonyl (C=O) groups excluding carboxylic acids is 1. The van der Waals surface area contributed by atoms with Gasteiger partial charge in [0.05, 0.1) is 25.7 Å². The van der Waals surface area contributed by atoms with Gasteiger partial charge in [0.15, 0.2) is 6.61 Å².